The molecule has 0 aliphatic carbocycles. The number of aliphatic carboxylic acids is 1. The quantitative estimate of drug-likeness (QED) is 0.694. The average Bonchev–Trinajstić information content (AvgIpc) is 3.00. The number of hydrogen-bond acceptors (Lipinski definition) is 3. The van der Waals surface area contributed by atoms with Gasteiger partial charge in [-0.15, -0.1) is 0 Å². The van der Waals surface area contributed by atoms with E-state index in [1.54, 1.807) is 4.90 Å². The van der Waals surface area contributed by atoms with Gasteiger partial charge in [0, 0.05) is 25.2 Å². The van der Waals surface area contributed by atoms with Gasteiger partial charge in [0.1, 0.15) is 0 Å². The van der Waals surface area contributed by atoms with E-state index in [1.807, 2.05) is 0 Å². The highest BCUT2D eigenvalue weighted by atomic mass is 16.5. The van der Waals surface area contributed by atoms with Gasteiger partial charge in [0.2, 0.25) is 0 Å². The van der Waals surface area contributed by atoms with Gasteiger partial charge in [0.05, 0.1) is 12.5 Å². The summed E-state index contributed by atoms with van der Waals surface area (Å²) in [6.45, 7) is 3.82. The monoisotopic (exact) mass is 284 g/mol. The Kier molecular flexibility index (Phi) is 5.23. The maximum Gasteiger partial charge on any atom is 0.318 e. The second-order valence-electron chi connectivity index (χ2n) is 5.58. The van der Waals surface area contributed by atoms with Crippen molar-refractivity contribution in [1.29, 1.82) is 0 Å². The zero-order chi connectivity index (χ0) is 14.5. The normalized spacial score (nSPS) is 27.9. The lowest BCUT2D eigenvalue weighted by molar-refractivity contribution is -0.142. The Bertz CT molecular complexity index is 361. The number of amides is 2. The molecule has 3 unspecified atom stereocenters. The first-order valence-corrected chi connectivity index (χ1v) is 7.51. The van der Waals surface area contributed by atoms with Crippen molar-refractivity contribution in [1.82, 2.24) is 10.2 Å². The van der Waals surface area contributed by atoms with Crippen LogP contribution in [0.2, 0.25) is 0 Å². The van der Waals surface area contributed by atoms with Crippen LogP contribution in [0.5, 0.6) is 0 Å². The number of ether oxygens (including phenoxy) is 1. The van der Waals surface area contributed by atoms with Crippen molar-refractivity contribution < 1.29 is 19.4 Å². The second kappa shape index (κ2) is 6.92. The van der Waals surface area contributed by atoms with E-state index in [2.05, 4.69) is 12.2 Å². The van der Waals surface area contributed by atoms with Gasteiger partial charge in [-0.25, -0.2) is 4.79 Å². The fraction of sp³-hybridized carbons (Fsp3) is 0.857. The van der Waals surface area contributed by atoms with Gasteiger partial charge in [-0.3, -0.25) is 4.79 Å². The molecule has 0 spiro atoms. The molecule has 0 aromatic heterocycles. The standard InChI is InChI=1S/C14H24N2O4/c1-2-3-7-20-8-6-15-14(19)16-10-4-5-12(16)11(9-10)13(17)18/h10-12H,2-9H2,1H3,(H,15,19)(H,17,18). The molecule has 20 heavy (non-hydrogen) atoms. The highest BCUT2D eigenvalue weighted by molar-refractivity contribution is 5.79. The lowest BCUT2D eigenvalue weighted by atomic mass is 9.89. The number of unbranched alkanes of at least 4 members (excludes halogenated alkanes) is 1. The third-order valence-electron chi connectivity index (χ3n) is 4.25. The molecule has 2 aliphatic heterocycles. The van der Waals surface area contributed by atoms with Crippen LogP contribution in [-0.4, -0.2) is 53.8 Å². The van der Waals surface area contributed by atoms with Crippen LogP contribution in [0.1, 0.15) is 39.0 Å². The van der Waals surface area contributed by atoms with Crippen molar-refractivity contribution in [3.63, 3.8) is 0 Å². The third-order valence-corrected chi connectivity index (χ3v) is 4.25. The Balaban J connectivity index is 1.72. The highest BCUT2D eigenvalue weighted by Crippen LogP contribution is 2.41. The summed E-state index contributed by atoms with van der Waals surface area (Å²) in [4.78, 5) is 25.0. The largest absolute Gasteiger partial charge is 0.481 e. The fourth-order valence-corrected chi connectivity index (χ4v) is 3.24. The van der Waals surface area contributed by atoms with Gasteiger partial charge in [0.15, 0.2) is 0 Å². The van der Waals surface area contributed by atoms with E-state index in [4.69, 9.17) is 9.84 Å². The maximum atomic E-state index is 12.1. The Morgan fingerprint density at radius 3 is 2.80 bits per heavy atom. The number of fused-ring (bicyclic) bond motifs is 2. The summed E-state index contributed by atoms with van der Waals surface area (Å²) < 4.78 is 5.39. The molecule has 6 nitrogen and oxygen atoms in total. The van der Waals surface area contributed by atoms with Crippen LogP contribution >= 0.6 is 0 Å². The fourth-order valence-electron chi connectivity index (χ4n) is 3.24. The van der Waals surface area contributed by atoms with Crippen molar-refractivity contribution in [2.24, 2.45) is 5.92 Å². The number of carbonyl (C=O) groups excluding carboxylic acids is 1. The van der Waals surface area contributed by atoms with Gasteiger partial charge < -0.3 is 20.1 Å². The van der Waals surface area contributed by atoms with Gasteiger partial charge in [-0.05, 0) is 25.7 Å². The van der Waals surface area contributed by atoms with E-state index < -0.39 is 5.97 Å². The summed E-state index contributed by atoms with van der Waals surface area (Å²) in [6.07, 6.45) is 4.46. The smallest absolute Gasteiger partial charge is 0.318 e. The van der Waals surface area contributed by atoms with Gasteiger partial charge in [0.25, 0.3) is 0 Å². The molecule has 0 aromatic rings. The van der Waals surface area contributed by atoms with Crippen LogP contribution in [-0.2, 0) is 9.53 Å². The van der Waals surface area contributed by atoms with Crippen LogP contribution in [0.25, 0.3) is 0 Å². The lowest BCUT2D eigenvalue weighted by Gasteiger charge is -2.23. The number of hydrogen-bond donors (Lipinski definition) is 2. The average molecular weight is 284 g/mol. The number of carboxylic acid groups (broad SMARTS) is 1. The summed E-state index contributed by atoms with van der Waals surface area (Å²) in [5, 5.41) is 12.0. The molecule has 2 rings (SSSR count). The van der Waals surface area contributed by atoms with Crippen molar-refractivity contribution in [2.45, 2.75) is 51.1 Å². The number of urea groups is 1. The molecule has 0 aromatic carbocycles. The first kappa shape index (κ1) is 15.1. The van der Waals surface area contributed by atoms with E-state index in [-0.39, 0.29) is 24.0 Å². The molecule has 3 atom stereocenters. The Labute approximate surface area is 119 Å². The van der Waals surface area contributed by atoms with Gasteiger partial charge in [-0.2, -0.15) is 0 Å². The molecule has 6 heteroatoms. The van der Waals surface area contributed by atoms with Crippen molar-refractivity contribution in [2.75, 3.05) is 19.8 Å². The topological polar surface area (TPSA) is 78.9 Å². The summed E-state index contributed by atoms with van der Waals surface area (Å²) in [7, 11) is 0. The molecule has 2 saturated heterocycles. The summed E-state index contributed by atoms with van der Waals surface area (Å²) >= 11 is 0. The van der Waals surface area contributed by atoms with Crippen LogP contribution in [0.3, 0.4) is 0 Å². The predicted molar refractivity (Wildman–Crippen MR) is 73.5 cm³/mol. The Morgan fingerprint density at radius 2 is 2.15 bits per heavy atom. The molecule has 2 bridgehead atoms. The number of rotatable bonds is 7. The van der Waals surface area contributed by atoms with Gasteiger partial charge in [-0.1, -0.05) is 13.3 Å². The first-order chi connectivity index (χ1) is 9.65. The minimum atomic E-state index is -0.780. The molecule has 114 valence electrons. The zero-order valence-electron chi connectivity index (χ0n) is 12.0. The first-order valence-electron chi connectivity index (χ1n) is 7.51. The van der Waals surface area contributed by atoms with Crippen molar-refractivity contribution in [3.8, 4) is 0 Å². The zero-order valence-corrected chi connectivity index (χ0v) is 12.0. The predicted octanol–water partition coefficient (Wildman–Crippen LogP) is 1.45. The number of nitrogens with zero attached hydrogens (tertiary/aromatic N) is 1. The number of carbonyl (C=O) groups is 2. The molecule has 0 saturated carbocycles. The van der Waals surface area contributed by atoms with E-state index >= 15 is 0 Å². The highest BCUT2D eigenvalue weighted by Gasteiger charge is 2.51. The maximum absolute atomic E-state index is 12.1. The van der Waals surface area contributed by atoms with Crippen molar-refractivity contribution in [3.05, 3.63) is 0 Å². The van der Waals surface area contributed by atoms with Crippen LogP contribution in [0.15, 0.2) is 0 Å². The molecule has 2 N–H and O–H groups in total. The van der Waals surface area contributed by atoms with Crippen LogP contribution in [0, 0.1) is 5.92 Å². The van der Waals surface area contributed by atoms with E-state index in [9.17, 15) is 9.59 Å². The lowest BCUT2D eigenvalue weighted by Crippen LogP contribution is -2.45. The molecule has 2 amide bonds. The van der Waals surface area contributed by atoms with E-state index in [1.165, 1.54) is 0 Å². The number of nitrogens with one attached hydrogen (secondary N) is 1. The van der Waals surface area contributed by atoms with Gasteiger partial charge >= 0.3 is 12.0 Å². The molecule has 0 radical (unpaired) electrons. The van der Waals surface area contributed by atoms with E-state index in [0.29, 0.717) is 19.6 Å². The third kappa shape index (κ3) is 3.23. The molecule has 2 fully saturated rings. The van der Waals surface area contributed by atoms with Crippen LogP contribution in [0.4, 0.5) is 4.79 Å². The van der Waals surface area contributed by atoms with Crippen molar-refractivity contribution >= 4 is 12.0 Å². The molecular formula is C14H24N2O4. The SMILES string of the molecule is CCCCOCCNC(=O)N1C2CCC1C(C(=O)O)C2. The minimum absolute atomic E-state index is 0.0992. The minimum Gasteiger partial charge on any atom is -0.481 e. The van der Waals surface area contributed by atoms with Crippen LogP contribution < -0.4 is 5.32 Å². The number of carboxylic acids is 1. The second-order valence-corrected chi connectivity index (χ2v) is 5.58. The van der Waals surface area contributed by atoms with E-state index in [0.717, 1.165) is 32.3 Å². The Morgan fingerprint density at radius 1 is 1.35 bits per heavy atom. The summed E-state index contributed by atoms with van der Waals surface area (Å²) in [5.41, 5.74) is 0. The molecule has 2 heterocycles. The molecule has 2 aliphatic rings. The Hall–Kier alpha value is -1.30. The molecular weight excluding hydrogens is 260 g/mol. The summed E-state index contributed by atoms with van der Waals surface area (Å²) in [6, 6.07) is -0.166. The summed E-state index contributed by atoms with van der Waals surface area (Å²) in [5.74, 6) is -1.17.